The lowest BCUT2D eigenvalue weighted by Crippen LogP contribution is -2.13. The molecule has 1 atom stereocenters. The number of nitrogens with zero attached hydrogens (tertiary/aromatic N) is 1. The van der Waals surface area contributed by atoms with Gasteiger partial charge in [-0.05, 0) is 43.5 Å². The van der Waals surface area contributed by atoms with E-state index in [9.17, 15) is 0 Å². The Morgan fingerprint density at radius 1 is 1.44 bits per heavy atom. The van der Waals surface area contributed by atoms with Gasteiger partial charge in [0, 0.05) is 0 Å². The number of H-pyrrole nitrogens is 1. The number of aromatic amines is 1. The first-order chi connectivity index (χ1) is 7.86. The van der Waals surface area contributed by atoms with E-state index in [1.165, 1.54) is 23.9 Å². The van der Waals surface area contributed by atoms with E-state index >= 15 is 0 Å². The highest BCUT2D eigenvalue weighted by Gasteiger charge is 2.19. The third-order valence-corrected chi connectivity index (χ3v) is 3.36. The Labute approximate surface area is 95.3 Å². The molecule has 0 amide bonds. The van der Waals surface area contributed by atoms with Gasteiger partial charge in [-0.3, -0.25) is 0 Å². The van der Waals surface area contributed by atoms with Crippen LogP contribution in [-0.2, 0) is 6.42 Å². The summed E-state index contributed by atoms with van der Waals surface area (Å²) in [6.07, 6.45) is 3.52. The normalized spacial score (nSPS) is 20.7. The van der Waals surface area contributed by atoms with Crippen LogP contribution >= 0.6 is 0 Å². The third-order valence-electron chi connectivity index (χ3n) is 3.36. The molecule has 3 rings (SSSR count). The fraction of sp³-hybridized carbons (Fsp3) is 0.462. The fourth-order valence-corrected chi connectivity index (χ4v) is 2.38. The van der Waals surface area contributed by atoms with Gasteiger partial charge in [0.15, 0.2) is 0 Å². The number of hydrogen-bond donors (Lipinski definition) is 2. The van der Waals surface area contributed by atoms with E-state index in [1.807, 2.05) is 0 Å². The van der Waals surface area contributed by atoms with Crippen molar-refractivity contribution >= 4 is 11.0 Å². The van der Waals surface area contributed by atoms with Gasteiger partial charge in [0.2, 0.25) is 0 Å². The molecule has 3 nitrogen and oxygen atoms in total. The van der Waals surface area contributed by atoms with E-state index in [1.54, 1.807) is 0 Å². The maximum atomic E-state index is 4.65. The Morgan fingerprint density at radius 2 is 2.38 bits per heavy atom. The zero-order valence-electron chi connectivity index (χ0n) is 9.59. The molecule has 1 saturated heterocycles. The number of hydrogen-bond acceptors (Lipinski definition) is 2. The van der Waals surface area contributed by atoms with Crippen LogP contribution in [-0.4, -0.2) is 16.5 Å². The molecule has 84 valence electrons. The van der Waals surface area contributed by atoms with Crippen molar-refractivity contribution in [1.82, 2.24) is 15.3 Å². The molecule has 2 heterocycles. The number of imidazole rings is 1. The average Bonchev–Trinajstić information content (AvgIpc) is 2.96. The lowest BCUT2D eigenvalue weighted by molar-refractivity contribution is 0.614. The SMILES string of the molecule is CCc1ccc2nc(C3CCCN3)[nH]c2c1. The maximum absolute atomic E-state index is 4.65. The summed E-state index contributed by atoms with van der Waals surface area (Å²) in [5, 5.41) is 3.47. The Bertz CT molecular complexity index is 495. The molecule has 1 aliphatic rings. The van der Waals surface area contributed by atoms with Gasteiger partial charge in [0.05, 0.1) is 17.1 Å². The molecule has 1 fully saturated rings. The van der Waals surface area contributed by atoms with Crippen molar-refractivity contribution in [3.8, 4) is 0 Å². The zero-order valence-corrected chi connectivity index (χ0v) is 9.59. The van der Waals surface area contributed by atoms with Crippen LogP contribution in [0, 0.1) is 0 Å². The fourth-order valence-electron chi connectivity index (χ4n) is 2.38. The monoisotopic (exact) mass is 215 g/mol. The van der Waals surface area contributed by atoms with E-state index in [0.29, 0.717) is 6.04 Å². The molecule has 1 aromatic carbocycles. The van der Waals surface area contributed by atoms with Gasteiger partial charge in [-0.25, -0.2) is 4.98 Å². The summed E-state index contributed by atoms with van der Waals surface area (Å²) < 4.78 is 0. The molecule has 0 bridgehead atoms. The predicted molar refractivity (Wildman–Crippen MR) is 65.4 cm³/mol. The highest BCUT2D eigenvalue weighted by atomic mass is 15.0. The van der Waals surface area contributed by atoms with Gasteiger partial charge in [0.25, 0.3) is 0 Å². The number of nitrogens with one attached hydrogen (secondary N) is 2. The van der Waals surface area contributed by atoms with Gasteiger partial charge < -0.3 is 10.3 Å². The first kappa shape index (κ1) is 9.85. The van der Waals surface area contributed by atoms with Crippen molar-refractivity contribution in [2.75, 3.05) is 6.54 Å². The minimum absolute atomic E-state index is 0.428. The number of aryl methyl sites for hydroxylation is 1. The first-order valence-electron chi connectivity index (χ1n) is 6.09. The lowest BCUT2D eigenvalue weighted by atomic mass is 10.1. The smallest absolute Gasteiger partial charge is 0.124 e. The minimum Gasteiger partial charge on any atom is -0.341 e. The van der Waals surface area contributed by atoms with Gasteiger partial charge >= 0.3 is 0 Å². The molecule has 0 spiro atoms. The van der Waals surface area contributed by atoms with Crippen LogP contribution in [0.25, 0.3) is 11.0 Å². The van der Waals surface area contributed by atoms with Crippen molar-refractivity contribution < 1.29 is 0 Å². The molecule has 1 unspecified atom stereocenters. The van der Waals surface area contributed by atoms with Crippen molar-refractivity contribution in [3.63, 3.8) is 0 Å². The molecule has 2 N–H and O–H groups in total. The van der Waals surface area contributed by atoms with Crippen LogP contribution in [0.15, 0.2) is 18.2 Å². The van der Waals surface area contributed by atoms with Crippen LogP contribution in [0.3, 0.4) is 0 Å². The number of rotatable bonds is 2. The number of fused-ring (bicyclic) bond motifs is 1. The van der Waals surface area contributed by atoms with E-state index in [-0.39, 0.29) is 0 Å². The highest BCUT2D eigenvalue weighted by Crippen LogP contribution is 2.23. The molecule has 0 aliphatic carbocycles. The molecule has 3 heteroatoms. The lowest BCUT2D eigenvalue weighted by Gasteiger charge is -2.04. The molecule has 0 saturated carbocycles. The molecular weight excluding hydrogens is 198 g/mol. The van der Waals surface area contributed by atoms with Crippen LogP contribution in [0.5, 0.6) is 0 Å². The van der Waals surface area contributed by atoms with E-state index in [2.05, 4.69) is 40.4 Å². The van der Waals surface area contributed by atoms with Crippen molar-refractivity contribution in [3.05, 3.63) is 29.6 Å². The highest BCUT2D eigenvalue weighted by molar-refractivity contribution is 5.76. The minimum atomic E-state index is 0.428. The predicted octanol–water partition coefficient (Wildman–Crippen LogP) is 2.55. The molecular formula is C13H17N3. The number of aromatic nitrogens is 2. The van der Waals surface area contributed by atoms with Gasteiger partial charge in [-0.2, -0.15) is 0 Å². The summed E-state index contributed by atoms with van der Waals surface area (Å²) in [4.78, 5) is 8.09. The standard InChI is InChI=1S/C13H17N3/c1-2-9-5-6-10-12(8-9)16-13(15-10)11-4-3-7-14-11/h5-6,8,11,14H,2-4,7H2,1H3,(H,15,16). The summed E-state index contributed by atoms with van der Waals surface area (Å²) in [6.45, 7) is 3.29. The molecule has 0 radical (unpaired) electrons. The quantitative estimate of drug-likeness (QED) is 0.808. The van der Waals surface area contributed by atoms with Crippen LogP contribution in [0.1, 0.15) is 37.2 Å². The number of benzene rings is 1. The average molecular weight is 215 g/mol. The Morgan fingerprint density at radius 3 is 3.12 bits per heavy atom. The largest absolute Gasteiger partial charge is 0.341 e. The molecule has 1 aliphatic heterocycles. The van der Waals surface area contributed by atoms with Crippen LogP contribution in [0.4, 0.5) is 0 Å². The van der Waals surface area contributed by atoms with Crippen LogP contribution in [0.2, 0.25) is 0 Å². The summed E-state index contributed by atoms with van der Waals surface area (Å²) in [5.74, 6) is 1.10. The van der Waals surface area contributed by atoms with Gasteiger partial charge in [-0.1, -0.05) is 13.0 Å². The Balaban J connectivity index is 2.01. The van der Waals surface area contributed by atoms with Crippen molar-refractivity contribution in [2.24, 2.45) is 0 Å². The molecule has 1 aromatic heterocycles. The van der Waals surface area contributed by atoms with Crippen molar-refractivity contribution in [2.45, 2.75) is 32.2 Å². The first-order valence-corrected chi connectivity index (χ1v) is 6.09. The maximum Gasteiger partial charge on any atom is 0.124 e. The Kier molecular flexibility index (Phi) is 2.40. The van der Waals surface area contributed by atoms with E-state index in [0.717, 1.165) is 24.3 Å². The second-order valence-electron chi connectivity index (χ2n) is 4.48. The Hall–Kier alpha value is -1.35. The topological polar surface area (TPSA) is 40.7 Å². The van der Waals surface area contributed by atoms with Gasteiger partial charge in [-0.15, -0.1) is 0 Å². The zero-order chi connectivity index (χ0) is 11.0. The third kappa shape index (κ3) is 1.61. The summed E-state index contributed by atoms with van der Waals surface area (Å²) in [6, 6.07) is 6.91. The summed E-state index contributed by atoms with van der Waals surface area (Å²) in [5.41, 5.74) is 3.62. The second-order valence-corrected chi connectivity index (χ2v) is 4.48. The second kappa shape index (κ2) is 3.91. The summed E-state index contributed by atoms with van der Waals surface area (Å²) in [7, 11) is 0. The van der Waals surface area contributed by atoms with E-state index in [4.69, 9.17) is 0 Å². The molecule has 2 aromatic rings. The summed E-state index contributed by atoms with van der Waals surface area (Å²) >= 11 is 0. The van der Waals surface area contributed by atoms with E-state index < -0.39 is 0 Å². The van der Waals surface area contributed by atoms with Crippen molar-refractivity contribution in [1.29, 1.82) is 0 Å². The van der Waals surface area contributed by atoms with Gasteiger partial charge in [0.1, 0.15) is 5.82 Å². The molecule has 16 heavy (non-hydrogen) atoms. The van der Waals surface area contributed by atoms with Crippen LogP contribution < -0.4 is 5.32 Å².